The molecule has 1 heterocycles. The minimum absolute atomic E-state index is 0.0471. The lowest BCUT2D eigenvalue weighted by atomic mass is 10.2. The first-order valence-corrected chi connectivity index (χ1v) is 9.84. The number of methoxy groups -OCH3 is 1. The summed E-state index contributed by atoms with van der Waals surface area (Å²) in [7, 11) is 1.29. The molecule has 1 N–H and O–H groups in total. The van der Waals surface area contributed by atoms with E-state index in [1.165, 1.54) is 31.4 Å². The van der Waals surface area contributed by atoms with E-state index in [4.69, 9.17) is 4.74 Å². The van der Waals surface area contributed by atoms with Crippen LogP contribution in [-0.4, -0.2) is 42.2 Å². The van der Waals surface area contributed by atoms with Gasteiger partial charge in [0.1, 0.15) is 6.54 Å². The number of amides is 3. The number of imide groups is 1. The van der Waals surface area contributed by atoms with Gasteiger partial charge in [0.2, 0.25) is 5.91 Å². The van der Waals surface area contributed by atoms with Crippen LogP contribution in [0.2, 0.25) is 0 Å². The van der Waals surface area contributed by atoms with E-state index < -0.39 is 30.2 Å². The third-order valence-corrected chi connectivity index (χ3v) is 5.20. The molecule has 0 bridgehead atoms. The zero-order chi connectivity index (χ0) is 22.5. The van der Waals surface area contributed by atoms with Crippen LogP contribution in [0.1, 0.15) is 11.1 Å². The third-order valence-electron chi connectivity index (χ3n) is 4.30. The number of halogens is 2. The molecular formula is C21H18F2N2O5S. The van der Waals surface area contributed by atoms with Crippen LogP contribution in [0, 0.1) is 6.92 Å². The normalized spacial score (nSPS) is 15.0. The van der Waals surface area contributed by atoms with Crippen molar-refractivity contribution in [3.8, 4) is 11.5 Å². The van der Waals surface area contributed by atoms with E-state index in [1.807, 2.05) is 19.1 Å². The van der Waals surface area contributed by atoms with Crippen LogP contribution in [0.25, 0.3) is 6.08 Å². The van der Waals surface area contributed by atoms with Crippen molar-refractivity contribution in [3.63, 3.8) is 0 Å². The van der Waals surface area contributed by atoms with Crippen molar-refractivity contribution in [2.75, 3.05) is 19.0 Å². The molecule has 31 heavy (non-hydrogen) atoms. The number of thioether (sulfide) groups is 1. The molecule has 0 saturated carbocycles. The highest BCUT2D eigenvalue weighted by Crippen LogP contribution is 2.35. The molecule has 1 aliphatic heterocycles. The van der Waals surface area contributed by atoms with Gasteiger partial charge in [-0.2, -0.15) is 8.78 Å². The fourth-order valence-corrected chi connectivity index (χ4v) is 3.64. The lowest BCUT2D eigenvalue weighted by Gasteiger charge is -2.13. The van der Waals surface area contributed by atoms with Gasteiger partial charge in [0.25, 0.3) is 11.1 Å². The van der Waals surface area contributed by atoms with E-state index in [2.05, 4.69) is 10.1 Å². The Kier molecular flexibility index (Phi) is 6.91. The number of alkyl halides is 2. The molecule has 3 rings (SSSR count). The maximum absolute atomic E-state index is 12.6. The summed E-state index contributed by atoms with van der Waals surface area (Å²) < 4.78 is 34.3. The van der Waals surface area contributed by atoms with E-state index in [0.717, 1.165) is 10.5 Å². The first-order chi connectivity index (χ1) is 14.8. The molecule has 2 aromatic rings. The summed E-state index contributed by atoms with van der Waals surface area (Å²) in [6, 6.07) is 11.2. The molecule has 10 heteroatoms. The fraction of sp³-hybridized carbons (Fsp3) is 0.190. The highest BCUT2D eigenvalue weighted by Gasteiger charge is 2.36. The lowest BCUT2D eigenvalue weighted by molar-refractivity contribution is -0.127. The predicted octanol–water partition coefficient (Wildman–Crippen LogP) is 4.28. The van der Waals surface area contributed by atoms with Gasteiger partial charge in [0.05, 0.1) is 12.0 Å². The highest BCUT2D eigenvalue weighted by molar-refractivity contribution is 8.18. The maximum Gasteiger partial charge on any atom is 0.387 e. The number of para-hydroxylation sites is 1. The number of rotatable bonds is 7. The number of benzene rings is 2. The Bertz CT molecular complexity index is 1060. The number of nitrogens with zero attached hydrogens (tertiary/aromatic N) is 1. The molecule has 1 fully saturated rings. The van der Waals surface area contributed by atoms with E-state index >= 15 is 0 Å². The Balaban J connectivity index is 1.73. The van der Waals surface area contributed by atoms with Crippen LogP contribution in [-0.2, 0) is 9.59 Å². The molecule has 0 atom stereocenters. The van der Waals surface area contributed by atoms with E-state index in [1.54, 1.807) is 12.1 Å². The number of aryl methyl sites for hydroxylation is 1. The zero-order valence-electron chi connectivity index (χ0n) is 16.6. The van der Waals surface area contributed by atoms with E-state index in [0.29, 0.717) is 23.0 Å². The Labute approximate surface area is 181 Å². The largest absolute Gasteiger partial charge is 0.493 e. The SMILES string of the molecule is COc1cc(/C=C2\SC(=O)N(CC(=O)Nc3ccccc3C)C2=O)ccc1OC(F)F. The van der Waals surface area contributed by atoms with Gasteiger partial charge in [-0.15, -0.1) is 0 Å². The molecule has 0 aromatic heterocycles. The summed E-state index contributed by atoms with van der Waals surface area (Å²) >= 11 is 0.683. The van der Waals surface area contributed by atoms with E-state index in [-0.39, 0.29) is 16.4 Å². The lowest BCUT2D eigenvalue weighted by Crippen LogP contribution is -2.36. The van der Waals surface area contributed by atoms with Gasteiger partial charge >= 0.3 is 6.61 Å². The number of carbonyl (C=O) groups is 3. The second kappa shape index (κ2) is 9.61. The summed E-state index contributed by atoms with van der Waals surface area (Å²) in [5.41, 5.74) is 1.87. The number of anilines is 1. The van der Waals surface area contributed by atoms with Crippen molar-refractivity contribution >= 4 is 40.6 Å². The number of hydrogen-bond donors (Lipinski definition) is 1. The van der Waals surface area contributed by atoms with Crippen LogP contribution in [0.15, 0.2) is 47.4 Å². The predicted molar refractivity (Wildman–Crippen MR) is 112 cm³/mol. The Morgan fingerprint density at radius 3 is 2.61 bits per heavy atom. The summed E-state index contributed by atoms with van der Waals surface area (Å²) in [5.74, 6) is -1.24. The molecule has 2 aromatic carbocycles. The molecule has 162 valence electrons. The van der Waals surface area contributed by atoms with Crippen LogP contribution < -0.4 is 14.8 Å². The summed E-state index contributed by atoms with van der Waals surface area (Å²) in [6.07, 6.45) is 1.42. The smallest absolute Gasteiger partial charge is 0.387 e. The average molecular weight is 448 g/mol. The molecule has 3 amide bonds. The Morgan fingerprint density at radius 2 is 1.94 bits per heavy atom. The van der Waals surface area contributed by atoms with E-state index in [9.17, 15) is 23.2 Å². The number of nitrogens with one attached hydrogen (secondary N) is 1. The zero-order valence-corrected chi connectivity index (χ0v) is 17.4. The second-order valence-electron chi connectivity index (χ2n) is 6.42. The van der Waals surface area contributed by atoms with Gasteiger partial charge in [-0.3, -0.25) is 19.3 Å². The van der Waals surface area contributed by atoms with Crippen LogP contribution in [0.4, 0.5) is 19.3 Å². The van der Waals surface area contributed by atoms with Crippen LogP contribution in [0.3, 0.4) is 0 Å². The first-order valence-electron chi connectivity index (χ1n) is 9.02. The average Bonchev–Trinajstić information content (AvgIpc) is 2.97. The summed E-state index contributed by atoms with van der Waals surface area (Å²) in [4.78, 5) is 38.1. The Hall–Kier alpha value is -3.40. The van der Waals surface area contributed by atoms with Gasteiger partial charge in [-0.25, -0.2) is 0 Å². The number of carbonyl (C=O) groups excluding carboxylic acids is 3. The molecule has 0 unspecified atom stereocenters. The van der Waals surface area contributed by atoms with Crippen LogP contribution >= 0.6 is 11.8 Å². The highest BCUT2D eigenvalue weighted by atomic mass is 32.2. The van der Waals surface area contributed by atoms with Crippen molar-refractivity contribution in [1.29, 1.82) is 0 Å². The van der Waals surface area contributed by atoms with Crippen molar-refractivity contribution in [2.45, 2.75) is 13.5 Å². The number of hydrogen-bond acceptors (Lipinski definition) is 6. The Morgan fingerprint density at radius 1 is 1.19 bits per heavy atom. The minimum Gasteiger partial charge on any atom is -0.493 e. The fourth-order valence-electron chi connectivity index (χ4n) is 2.80. The monoisotopic (exact) mass is 448 g/mol. The molecule has 0 spiro atoms. The maximum atomic E-state index is 12.6. The molecule has 1 saturated heterocycles. The van der Waals surface area contributed by atoms with Gasteiger partial charge in [0, 0.05) is 5.69 Å². The number of ether oxygens (including phenoxy) is 2. The van der Waals surface area contributed by atoms with Crippen LogP contribution in [0.5, 0.6) is 11.5 Å². The van der Waals surface area contributed by atoms with Crippen molar-refractivity contribution < 1.29 is 32.6 Å². The van der Waals surface area contributed by atoms with Gasteiger partial charge in [0.15, 0.2) is 11.5 Å². The second-order valence-corrected chi connectivity index (χ2v) is 7.41. The first kappa shape index (κ1) is 22.3. The topological polar surface area (TPSA) is 84.9 Å². The third kappa shape index (κ3) is 5.40. The quantitative estimate of drug-likeness (QED) is 0.637. The van der Waals surface area contributed by atoms with Gasteiger partial charge in [-0.05, 0) is 54.1 Å². The molecular weight excluding hydrogens is 430 g/mol. The molecule has 7 nitrogen and oxygen atoms in total. The molecule has 1 aliphatic rings. The molecule has 0 radical (unpaired) electrons. The van der Waals surface area contributed by atoms with Crippen molar-refractivity contribution in [1.82, 2.24) is 4.90 Å². The molecule has 0 aliphatic carbocycles. The summed E-state index contributed by atoms with van der Waals surface area (Å²) in [6.45, 7) is -1.62. The van der Waals surface area contributed by atoms with Gasteiger partial charge < -0.3 is 14.8 Å². The minimum atomic E-state index is -3.01. The van der Waals surface area contributed by atoms with Gasteiger partial charge in [-0.1, -0.05) is 24.3 Å². The van der Waals surface area contributed by atoms with Crippen molar-refractivity contribution in [3.05, 3.63) is 58.5 Å². The standard InChI is InChI=1S/C21H18F2N2O5S/c1-12-5-3-4-6-14(12)24-18(26)11-25-19(27)17(31-21(25)28)10-13-7-8-15(30-20(22)23)16(9-13)29-2/h3-10,20H,11H2,1-2H3,(H,24,26)/b17-10-. The van der Waals surface area contributed by atoms with Crippen molar-refractivity contribution in [2.24, 2.45) is 0 Å². The summed E-state index contributed by atoms with van der Waals surface area (Å²) in [5, 5.41) is 2.09.